The molecule has 2 heterocycles. The third-order valence-electron chi connectivity index (χ3n) is 9.22. The van der Waals surface area contributed by atoms with E-state index >= 15 is 0 Å². The van der Waals surface area contributed by atoms with Crippen LogP contribution in [0.15, 0.2) is 12.2 Å². The van der Waals surface area contributed by atoms with Gasteiger partial charge in [-0.1, -0.05) is 26.8 Å². The highest BCUT2D eigenvalue weighted by molar-refractivity contribution is 6.04. The fourth-order valence-electron chi connectivity index (χ4n) is 8.45. The van der Waals surface area contributed by atoms with Crippen LogP contribution in [0.25, 0.3) is 0 Å². The molecule has 4 bridgehead atoms. The van der Waals surface area contributed by atoms with E-state index in [0.717, 1.165) is 25.7 Å². The van der Waals surface area contributed by atoms with Gasteiger partial charge in [0.2, 0.25) is 0 Å². The zero-order valence-corrected chi connectivity index (χ0v) is 17.8. The smallest absolute Gasteiger partial charge is 0.302 e. The molecule has 0 aromatic heterocycles. The number of ketones is 1. The summed E-state index contributed by atoms with van der Waals surface area (Å²) in [6, 6.07) is 0. The van der Waals surface area contributed by atoms with Gasteiger partial charge in [0, 0.05) is 31.3 Å². The molecule has 160 valence electrons. The van der Waals surface area contributed by atoms with E-state index in [1.165, 1.54) is 6.92 Å². The molecule has 2 saturated heterocycles. The molecular weight excluding hydrogens is 372 g/mol. The van der Waals surface area contributed by atoms with Gasteiger partial charge in [0.15, 0.2) is 12.1 Å². The van der Waals surface area contributed by atoms with Crippen molar-refractivity contribution in [1.82, 2.24) is 0 Å². The molecule has 6 heteroatoms. The molecule has 9 unspecified atom stereocenters. The maximum absolute atomic E-state index is 13.7. The molecule has 2 aliphatic heterocycles. The number of carbonyl (C=O) groups is 2. The second-order valence-electron chi connectivity index (χ2n) is 10.6. The lowest BCUT2D eigenvalue weighted by Gasteiger charge is -2.72. The minimum atomic E-state index is -1.08. The molecule has 0 radical (unpaired) electrons. The van der Waals surface area contributed by atoms with Crippen molar-refractivity contribution < 1.29 is 28.9 Å². The molecule has 4 saturated carbocycles. The van der Waals surface area contributed by atoms with E-state index in [-0.39, 0.29) is 34.9 Å². The summed E-state index contributed by atoms with van der Waals surface area (Å²) in [6.45, 7) is 10.0. The Balaban J connectivity index is 1.76. The Hall–Kier alpha value is -1.24. The molecule has 9 atom stereocenters. The van der Waals surface area contributed by atoms with Crippen molar-refractivity contribution in [1.29, 1.82) is 0 Å². The van der Waals surface area contributed by atoms with Gasteiger partial charge in [-0.05, 0) is 42.6 Å². The molecule has 0 aromatic rings. The van der Waals surface area contributed by atoms with Gasteiger partial charge in [0.1, 0.15) is 6.10 Å². The number of ether oxygens (including phenoxy) is 3. The number of hydrogen-bond acceptors (Lipinski definition) is 6. The van der Waals surface area contributed by atoms with Crippen LogP contribution in [-0.2, 0) is 23.8 Å². The number of hydrogen-bond donors (Lipinski definition) is 1. The Kier molecular flexibility index (Phi) is 4.02. The average Bonchev–Trinajstić information content (AvgIpc) is 2.77. The number of aliphatic hydroxyl groups excluding tert-OH is 1. The number of carbonyl (C=O) groups excluding carboxylic acids is 2. The first-order chi connectivity index (χ1) is 13.6. The van der Waals surface area contributed by atoms with Crippen LogP contribution in [0.2, 0.25) is 0 Å². The lowest BCUT2D eigenvalue weighted by molar-refractivity contribution is -0.398. The number of esters is 1. The van der Waals surface area contributed by atoms with Crippen LogP contribution >= 0.6 is 0 Å². The second-order valence-corrected chi connectivity index (χ2v) is 10.6. The molecule has 6 fully saturated rings. The third-order valence-corrected chi connectivity index (χ3v) is 9.22. The minimum absolute atomic E-state index is 0.0555. The van der Waals surface area contributed by atoms with E-state index in [0.29, 0.717) is 12.0 Å². The van der Waals surface area contributed by atoms with Crippen molar-refractivity contribution in [3.8, 4) is 0 Å². The van der Waals surface area contributed by atoms with Gasteiger partial charge < -0.3 is 19.3 Å². The van der Waals surface area contributed by atoms with Gasteiger partial charge in [-0.25, -0.2) is 0 Å². The number of Topliss-reactive ketones (excluding diaryl/α,β-unsaturated/α-hetero) is 1. The maximum Gasteiger partial charge on any atom is 0.302 e. The van der Waals surface area contributed by atoms with E-state index in [2.05, 4.69) is 20.4 Å². The van der Waals surface area contributed by atoms with Crippen molar-refractivity contribution in [2.45, 2.75) is 77.5 Å². The first-order valence-corrected chi connectivity index (χ1v) is 10.9. The molecule has 2 spiro atoms. The quantitative estimate of drug-likeness (QED) is 0.563. The fraction of sp³-hybridized carbons (Fsp3) is 0.826. The molecule has 6 nitrogen and oxygen atoms in total. The van der Waals surface area contributed by atoms with Crippen molar-refractivity contribution in [3.05, 3.63) is 12.2 Å². The lowest BCUT2D eigenvalue weighted by Crippen LogP contribution is -2.78. The number of fused-ring (bicyclic) bond motifs is 2. The first-order valence-electron chi connectivity index (χ1n) is 10.9. The summed E-state index contributed by atoms with van der Waals surface area (Å²) >= 11 is 0. The largest absolute Gasteiger partial charge is 0.462 e. The van der Waals surface area contributed by atoms with Crippen LogP contribution in [0, 0.1) is 34.0 Å². The highest BCUT2D eigenvalue weighted by Gasteiger charge is 2.82. The summed E-state index contributed by atoms with van der Waals surface area (Å²) in [7, 11) is 1.66. The second kappa shape index (κ2) is 5.92. The van der Waals surface area contributed by atoms with Gasteiger partial charge >= 0.3 is 5.97 Å². The summed E-state index contributed by atoms with van der Waals surface area (Å²) < 4.78 is 18.2. The van der Waals surface area contributed by atoms with Gasteiger partial charge in [-0.15, -0.1) is 0 Å². The topological polar surface area (TPSA) is 82.1 Å². The molecule has 1 N–H and O–H groups in total. The van der Waals surface area contributed by atoms with E-state index in [1.54, 1.807) is 7.11 Å². The number of aliphatic hydroxyl groups is 1. The molecule has 6 aliphatic rings. The zero-order chi connectivity index (χ0) is 20.9. The summed E-state index contributed by atoms with van der Waals surface area (Å²) in [4.78, 5) is 25.7. The average molecular weight is 405 g/mol. The van der Waals surface area contributed by atoms with E-state index in [9.17, 15) is 14.7 Å². The van der Waals surface area contributed by atoms with Gasteiger partial charge in [0.25, 0.3) is 0 Å². The van der Waals surface area contributed by atoms with E-state index < -0.39 is 35.4 Å². The number of rotatable bonds is 2. The summed E-state index contributed by atoms with van der Waals surface area (Å²) in [6.07, 6.45) is 1.89. The van der Waals surface area contributed by atoms with Crippen LogP contribution in [0.3, 0.4) is 0 Å². The zero-order valence-electron chi connectivity index (χ0n) is 17.8. The van der Waals surface area contributed by atoms with Crippen molar-refractivity contribution >= 4 is 11.8 Å². The van der Waals surface area contributed by atoms with E-state index in [1.807, 2.05) is 0 Å². The van der Waals surface area contributed by atoms with Crippen LogP contribution < -0.4 is 0 Å². The Morgan fingerprint density at radius 1 is 1.28 bits per heavy atom. The highest BCUT2D eigenvalue weighted by Crippen LogP contribution is 2.75. The standard InChI is InChI=1S/C23H32O6/c1-11-13-9-14(28-12(2)24)17-22-8-6-7-21(3,4)15(22)10-16(29-20(22)27-5)23(17,18(11)25)19(13)26/h13-17,19-20,26H,1,6-10H2,2-5H3. The Morgan fingerprint density at radius 2 is 2.00 bits per heavy atom. The van der Waals surface area contributed by atoms with Crippen molar-refractivity contribution in [2.24, 2.45) is 34.0 Å². The fourth-order valence-corrected chi connectivity index (χ4v) is 8.45. The molecule has 6 rings (SSSR count). The maximum atomic E-state index is 13.7. The van der Waals surface area contributed by atoms with Crippen LogP contribution in [0.1, 0.15) is 52.9 Å². The van der Waals surface area contributed by atoms with Crippen molar-refractivity contribution in [3.63, 3.8) is 0 Å². The highest BCUT2D eigenvalue weighted by atomic mass is 16.7. The summed E-state index contributed by atoms with van der Waals surface area (Å²) in [5.74, 6) is -0.863. The summed E-state index contributed by atoms with van der Waals surface area (Å²) in [5, 5.41) is 11.4. The molecule has 4 aliphatic carbocycles. The first kappa shape index (κ1) is 19.7. The Bertz CT molecular complexity index is 788. The normalized spacial score (nSPS) is 52.1. The van der Waals surface area contributed by atoms with Crippen LogP contribution in [0.5, 0.6) is 0 Å². The van der Waals surface area contributed by atoms with Crippen LogP contribution in [0.4, 0.5) is 0 Å². The SMILES string of the molecule is C=C1C(=O)C23C4CC5C(C)(C)CCCC5(C(OC)O4)C2C(OC(C)=O)CC1C3O. The Labute approximate surface area is 172 Å². The predicted molar refractivity (Wildman–Crippen MR) is 104 cm³/mol. The van der Waals surface area contributed by atoms with E-state index in [4.69, 9.17) is 14.2 Å². The van der Waals surface area contributed by atoms with Crippen LogP contribution in [-0.4, -0.2) is 48.6 Å². The molecule has 0 amide bonds. The van der Waals surface area contributed by atoms with Gasteiger partial charge in [-0.2, -0.15) is 0 Å². The molecular formula is C23H32O6. The van der Waals surface area contributed by atoms with Gasteiger partial charge in [-0.3, -0.25) is 9.59 Å². The summed E-state index contributed by atoms with van der Waals surface area (Å²) in [5.41, 5.74) is -1.04. The number of methoxy groups -OCH3 is 1. The minimum Gasteiger partial charge on any atom is -0.462 e. The lowest BCUT2D eigenvalue weighted by atomic mass is 9.37. The van der Waals surface area contributed by atoms with Gasteiger partial charge in [0.05, 0.1) is 17.6 Å². The third kappa shape index (κ3) is 2.08. The molecule has 29 heavy (non-hydrogen) atoms. The van der Waals surface area contributed by atoms with Crippen molar-refractivity contribution in [2.75, 3.05) is 7.11 Å². The monoisotopic (exact) mass is 404 g/mol. The molecule has 0 aromatic carbocycles. The Morgan fingerprint density at radius 3 is 2.66 bits per heavy atom. The predicted octanol–water partition coefficient (Wildman–Crippen LogP) is 2.63.